The first-order valence-electron chi connectivity index (χ1n) is 8.55. The average molecular weight is 454 g/mol. The maximum atomic E-state index is 13.6. The summed E-state index contributed by atoms with van der Waals surface area (Å²) in [4.78, 5) is 5.50. The minimum Gasteiger partial charge on any atom is -0.369 e. The van der Waals surface area contributed by atoms with Crippen molar-refractivity contribution in [3.05, 3.63) is 63.9 Å². The van der Waals surface area contributed by atoms with Crippen molar-refractivity contribution in [3.8, 4) is 11.1 Å². The maximum Gasteiger partial charge on any atom is 0.417 e. The summed E-state index contributed by atoms with van der Waals surface area (Å²) < 4.78 is 68.8. The van der Waals surface area contributed by atoms with Gasteiger partial charge in [0.05, 0.1) is 5.56 Å². The van der Waals surface area contributed by atoms with Crippen molar-refractivity contribution >= 4 is 33.9 Å². The number of alkyl halides is 3. The summed E-state index contributed by atoms with van der Waals surface area (Å²) in [6.07, 6.45) is -3.61. The number of benzene rings is 2. The van der Waals surface area contributed by atoms with Crippen LogP contribution in [0, 0.1) is 18.5 Å². The zero-order valence-corrected chi connectivity index (χ0v) is 17.5. The molecule has 1 aromatic heterocycles. The number of nitrogens with zero attached hydrogens (tertiary/aromatic N) is 1. The Morgan fingerprint density at radius 1 is 1.10 bits per heavy atom. The van der Waals surface area contributed by atoms with Gasteiger partial charge in [0, 0.05) is 17.4 Å². The van der Waals surface area contributed by atoms with E-state index in [9.17, 15) is 21.6 Å². The van der Waals surface area contributed by atoms with Crippen molar-refractivity contribution in [1.82, 2.24) is 9.97 Å². The van der Waals surface area contributed by atoms with E-state index in [1.54, 1.807) is 19.1 Å². The summed E-state index contributed by atoms with van der Waals surface area (Å²) in [5.74, 6) is 0.0277. The SMILES string of the molecule is Cc1ccc(NS(=O)(=O)c2cc(-c3cnc(N)[nH]c3=S)ccc2C(F)(F)F)cc1C. The first kappa shape index (κ1) is 21.8. The van der Waals surface area contributed by atoms with Gasteiger partial charge in [0.2, 0.25) is 0 Å². The van der Waals surface area contributed by atoms with Gasteiger partial charge in [-0.2, -0.15) is 13.2 Å². The van der Waals surface area contributed by atoms with Crippen LogP contribution in [0.1, 0.15) is 16.7 Å². The number of aromatic nitrogens is 2. The summed E-state index contributed by atoms with van der Waals surface area (Å²) >= 11 is 5.13. The van der Waals surface area contributed by atoms with E-state index in [1.165, 1.54) is 12.3 Å². The second kappa shape index (κ2) is 7.73. The van der Waals surface area contributed by atoms with Crippen LogP contribution in [0.3, 0.4) is 0 Å². The van der Waals surface area contributed by atoms with Crippen LogP contribution in [-0.4, -0.2) is 18.4 Å². The third-order valence-electron chi connectivity index (χ3n) is 4.47. The number of aryl methyl sites for hydroxylation is 2. The highest BCUT2D eigenvalue weighted by atomic mass is 32.2. The molecule has 158 valence electrons. The minimum atomic E-state index is -4.88. The van der Waals surface area contributed by atoms with Gasteiger partial charge in [-0.25, -0.2) is 13.4 Å². The summed E-state index contributed by atoms with van der Waals surface area (Å²) in [5.41, 5.74) is 6.48. The molecule has 0 saturated carbocycles. The van der Waals surface area contributed by atoms with Crippen molar-refractivity contribution in [3.63, 3.8) is 0 Å². The quantitative estimate of drug-likeness (QED) is 0.491. The predicted octanol–water partition coefficient (Wildman–Crippen LogP) is 4.82. The smallest absolute Gasteiger partial charge is 0.369 e. The lowest BCUT2D eigenvalue weighted by Crippen LogP contribution is -2.19. The Bertz CT molecular complexity index is 1290. The molecule has 0 unspecified atom stereocenters. The molecule has 3 rings (SSSR count). The molecule has 6 nitrogen and oxygen atoms in total. The molecule has 30 heavy (non-hydrogen) atoms. The standard InChI is InChI=1S/C19H17F3N4O2S2/c1-10-3-5-13(7-11(10)2)26-30(27,28)16-8-12(4-6-15(16)19(20,21)22)14-9-24-18(23)25-17(14)29/h3-9,26H,1-2H3,(H3,23,24,25,29). The monoisotopic (exact) mass is 454 g/mol. The lowest BCUT2D eigenvalue weighted by Gasteiger charge is -2.16. The Morgan fingerprint density at radius 3 is 2.40 bits per heavy atom. The largest absolute Gasteiger partial charge is 0.417 e. The van der Waals surface area contributed by atoms with E-state index in [0.29, 0.717) is 6.07 Å². The lowest BCUT2D eigenvalue weighted by molar-refractivity contribution is -0.139. The van der Waals surface area contributed by atoms with E-state index in [0.717, 1.165) is 23.3 Å². The second-order valence-corrected chi connectivity index (χ2v) is 8.68. The topological polar surface area (TPSA) is 101 Å². The van der Waals surface area contributed by atoms with Crippen LogP contribution in [0.2, 0.25) is 0 Å². The molecule has 0 aliphatic carbocycles. The van der Waals surface area contributed by atoms with Crippen LogP contribution in [0.15, 0.2) is 47.5 Å². The van der Waals surface area contributed by atoms with Crippen molar-refractivity contribution < 1.29 is 21.6 Å². The zero-order chi connectivity index (χ0) is 22.3. The molecule has 0 spiro atoms. The van der Waals surface area contributed by atoms with Gasteiger partial charge in [0.15, 0.2) is 5.95 Å². The molecule has 0 amide bonds. The van der Waals surface area contributed by atoms with Crippen LogP contribution in [-0.2, 0) is 16.2 Å². The maximum absolute atomic E-state index is 13.6. The lowest BCUT2D eigenvalue weighted by atomic mass is 10.1. The first-order valence-corrected chi connectivity index (χ1v) is 10.4. The van der Waals surface area contributed by atoms with Gasteiger partial charge in [-0.1, -0.05) is 24.4 Å². The highest BCUT2D eigenvalue weighted by Crippen LogP contribution is 2.37. The number of sulfonamides is 1. The van der Waals surface area contributed by atoms with E-state index in [1.807, 2.05) is 6.92 Å². The molecule has 0 radical (unpaired) electrons. The summed E-state index contributed by atoms with van der Waals surface area (Å²) in [6.45, 7) is 3.60. The van der Waals surface area contributed by atoms with Gasteiger partial charge < -0.3 is 10.7 Å². The molecule has 0 saturated heterocycles. The van der Waals surface area contributed by atoms with Crippen molar-refractivity contribution in [2.45, 2.75) is 24.9 Å². The molecule has 0 aliphatic rings. The second-order valence-electron chi connectivity index (χ2n) is 6.62. The number of hydrogen-bond acceptors (Lipinski definition) is 5. The van der Waals surface area contributed by atoms with Gasteiger partial charge >= 0.3 is 6.18 Å². The average Bonchev–Trinajstić information content (AvgIpc) is 2.63. The van der Waals surface area contributed by atoms with Gasteiger partial charge in [-0.15, -0.1) is 0 Å². The van der Waals surface area contributed by atoms with Crippen molar-refractivity contribution in [2.24, 2.45) is 0 Å². The number of rotatable bonds is 4. The van der Waals surface area contributed by atoms with Crippen molar-refractivity contribution in [2.75, 3.05) is 10.5 Å². The fourth-order valence-corrected chi connectivity index (χ4v) is 4.35. The Kier molecular flexibility index (Phi) is 5.61. The van der Waals surface area contributed by atoms with Gasteiger partial charge in [0.25, 0.3) is 10.0 Å². The normalized spacial score (nSPS) is 12.0. The Hall–Kier alpha value is -2.92. The number of halogens is 3. The summed E-state index contributed by atoms with van der Waals surface area (Å²) in [5, 5.41) is 0. The van der Waals surface area contributed by atoms with Gasteiger partial charge in [0.1, 0.15) is 9.54 Å². The summed E-state index contributed by atoms with van der Waals surface area (Å²) in [7, 11) is -4.57. The third kappa shape index (κ3) is 4.46. The third-order valence-corrected chi connectivity index (χ3v) is 6.21. The van der Waals surface area contributed by atoms with Crippen LogP contribution in [0.25, 0.3) is 11.1 Å². The fraction of sp³-hybridized carbons (Fsp3) is 0.158. The molecular formula is C19H17F3N4O2S2. The fourth-order valence-electron chi connectivity index (χ4n) is 2.78. The Labute approximate surface area is 176 Å². The molecule has 0 aliphatic heterocycles. The number of anilines is 2. The minimum absolute atomic E-state index is 0.0277. The van der Waals surface area contributed by atoms with Gasteiger partial charge in [-0.3, -0.25) is 4.72 Å². The van der Waals surface area contributed by atoms with Crippen LogP contribution in [0.4, 0.5) is 24.8 Å². The van der Waals surface area contributed by atoms with E-state index in [2.05, 4.69) is 14.7 Å². The number of H-pyrrole nitrogens is 1. The molecule has 0 bridgehead atoms. The van der Waals surface area contributed by atoms with Crippen LogP contribution < -0.4 is 10.5 Å². The number of nitrogens with one attached hydrogen (secondary N) is 2. The van der Waals surface area contributed by atoms with E-state index < -0.39 is 26.7 Å². The molecule has 11 heteroatoms. The van der Waals surface area contributed by atoms with E-state index >= 15 is 0 Å². The van der Waals surface area contributed by atoms with Crippen LogP contribution in [0.5, 0.6) is 0 Å². The zero-order valence-electron chi connectivity index (χ0n) is 15.8. The Balaban J connectivity index is 2.16. The molecule has 3 aromatic rings. The van der Waals surface area contributed by atoms with Crippen molar-refractivity contribution in [1.29, 1.82) is 0 Å². The Morgan fingerprint density at radius 2 is 1.80 bits per heavy atom. The number of aromatic amines is 1. The number of hydrogen-bond donors (Lipinski definition) is 3. The highest BCUT2D eigenvalue weighted by Gasteiger charge is 2.37. The predicted molar refractivity (Wildman–Crippen MR) is 111 cm³/mol. The molecule has 0 atom stereocenters. The summed E-state index contributed by atoms with van der Waals surface area (Å²) in [6, 6.07) is 7.46. The molecule has 1 heterocycles. The molecule has 4 N–H and O–H groups in total. The van der Waals surface area contributed by atoms with E-state index in [-0.39, 0.29) is 27.4 Å². The number of nitrogen functional groups attached to an aromatic ring is 1. The molecule has 0 fully saturated rings. The van der Waals surface area contributed by atoms with E-state index in [4.69, 9.17) is 18.0 Å². The van der Waals surface area contributed by atoms with Crippen LogP contribution >= 0.6 is 12.2 Å². The highest BCUT2D eigenvalue weighted by molar-refractivity contribution is 7.92. The molecular weight excluding hydrogens is 437 g/mol. The number of nitrogens with two attached hydrogens (primary N) is 1. The van der Waals surface area contributed by atoms with Gasteiger partial charge in [-0.05, 0) is 54.8 Å². The first-order chi connectivity index (χ1) is 13.9. The molecule has 2 aromatic carbocycles.